The van der Waals surface area contributed by atoms with Crippen molar-refractivity contribution < 1.29 is 28.5 Å². The number of hydrogen-bond donors (Lipinski definition) is 0. The quantitative estimate of drug-likeness (QED) is 0.0446. The standard InChI is InChI=1S/C38H48N2O6/c1-6-34(30-16-10-22-39-28-30)43-24-11-20-37(2,3)45-26-13-27-46-38(4,5)21-12-25-44-36(42)31-19-23-40-32(31)17-18-33(40)35(41)29-14-8-7-9-15-29/h7-10,14-18,22,28,31H,1,11-13,19-21,23-27H2,2-5H3. The largest absolute Gasteiger partial charge is 0.485 e. The van der Waals surface area contributed by atoms with Crippen LogP contribution in [0.25, 0.3) is 5.76 Å². The van der Waals surface area contributed by atoms with Crippen molar-refractivity contribution in [1.82, 2.24) is 9.55 Å². The first kappa shape index (κ1) is 34.9. The topological polar surface area (TPSA) is 88.9 Å². The van der Waals surface area contributed by atoms with E-state index in [1.165, 1.54) is 0 Å². The van der Waals surface area contributed by atoms with Gasteiger partial charge in [0.2, 0.25) is 5.78 Å². The minimum Gasteiger partial charge on any atom is -0.485 e. The maximum Gasteiger partial charge on any atom is 0.315 e. The number of nitrogens with zero attached hydrogens (tertiary/aromatic N) is 2. The molecule has 1 atom stereocenters. The van der Waals surface area contributed by atoms with Crippen LogP contribution >= 0.6 is 0 Å². The predicted molar refractivity (Wildman–Crippen MR) is 179 cm³/mol. The fourth-order valence-corrected chi connectivity index (χ4v) is 5.69. The SMILES string of the molecule is C=C=C(OCCCC(C)(C)OCCCOC(C)(C)CCCOC(=O)C1CCn2c(C(=O)c3ccccc3)ccc21)c1cccnc1. The lowest BCUT2D eigenvalue weighted by Crippen LogP contribution is -2.28. The number of fused-ring (bicyclic) bond motifs is 1. The van der Waals surface area contributed by atoms with Gasteiger partial charge in [-0.05, 0) is 90.5 Å². The summed E-state index contributed by atoms with van der Waals surface area (Å²) in [6.07, 6.45) is 8.07. The number of hydrogen-bond acceptors (Lipinski definition) is 7. The molecule has 8 nitrogen and oxygen atoms in total. The molecule has 0 radical (unpaired) electrons. The molecule has 0 spiro atoms. The molecule has 0 amide bonds. The number of carbonyl (C=O) groups excluding carboxylic acids is 2. The Kier molecular flexibility index (Phi) is 12.6. The number of ketones is 1. The molecule has 0 fully saturated rings. The molecule has 1 unspecified atom stereocenters. The Balaban J connectivity index is 1.08. The van der Waals surface area contributed by atoms with Gasteiger partial charge in [-0.2, -0.15) is 0 Å². The summed E-state index contributed by atoms with van der Waals surface area (Å²) in [5.41, 5.74) is 5.22. The van der Waals surface area contributed by atoms with E-state index in [4.69, 9.17) is 18.9 Å². The fraction of sp³-hybridized carbons (Fsp3) is 0.474. The van der Waals surface area contributed by atoms with E-state index in [9.17, 15) is 9.59 Å². The molecule has 0 N–H and O–H groups in total. The van der Waals surface area contributed by atoms with Crippen LogP contribution in [0.2, 0.25) is 0 Å². The molecule has 3 heterocycles. The Morgan fingerprint density at radius 1 is 0.848 bits per heavy atom. The molecule has 0 saturated heterocycles. The number of aromatic nitrogens is 2. The molecule has 1 aliphatic heterocycles. The van der Waals surface area contributed by atoms with Gasteiger partial charge in [-0.3, -0.25) is 14.6 Å². The molecular weight excluding hydrogens is 580 g/mol. The summed E-state index contributed by atoms with van der Waals surface area (Å²) in [7, 11) is 0. The second-order valence-corrected chi connectivity index (χ2v) is 12.9. The summed E-state index contributed by atoms with van der Waals surface area (Å²) in [6, 6.07) is 16.7. The van der Waals surface area contributed by atoms with Crippen LogP contribution in [-0.2, 0) is 30.3 Å². The van der Waals surface area contributed by atoms with Crippen molar-refractivity contribution in [2.75, 3.05) is 26.4 Å². The Hall–Kier alpha value is -3.97. The number of benzene rings is 1. The highest BCUT2D eigenvalue weighted by Gasteiger charge is 2.33. The highest BCUT2D eigenvalue weighted by atomic mass is 16.5. The molecule has 3 aromatic rings. The Morgan fingerprint density at radius 3 is 2.13 bits per heavy atom. The average molecular weight is 629 g/mol. The predicted octanol–water partition coefficient (Wildman–Crippen LogP) is 7.53. The fourth-order valence-electron chi connectivity index (χ4n) is 5.69. The lowest BCUT2D eigenvalue weighted by atomic mass is 10.0. The third kappa shape index (κ3) is 10.0. The van der Waals surface area contributed by atoms with E-state index in [1.807, 2.05) is 59.2 Å². The summed E-state index contributed by atoms with van der Waals surface area (Å²) in [5, 5.41) is 0. The van der Waals surface area contributed by atoms with E-state index in [-0.39, 0.29) is 28.9 Å². The summed E-state index contributed by atoms with van der Waals surface area (Å²) >= 11 is 0. The van der Waals surface area contributed by atoms with Crippen LogP contribution in [0.15, 0.2) is 79.3 Å². The second-order valence-electron chi connectivity index (χ2n) is 12.9. The molecule has 1 aromatic carbocycles. The van der Waals surface area contributed by atoms with Crippen molar-refractivity contribution in [2.24, 2.45) is 0 Å². The van der Waals surface area contributed by atoms with Crippen molar-refractivity contribution in [3.63, 3.8) is 0 Å². The lowest BCUT2D eigenvalue weighted by molar-refractivity contribution is -0.146. The molecule has 0 saturated carbocycles. The Morgan fingerprint density at radius 2 is 1.50 bits per heavy atom. The van der Waals surface area contributed by atoms with Gasteiger partial charge in [0.1, 0.15) is 0 Å². The number of carbonyl (C=O) groups is 2. The van der Waals surface area contributed by atoms with Gasteiger partial charge in [-0.1, -0.05) is 42.6 Å². The van der Waals surface area contributed by atoms with Crippen LogP contribution in [0.1, 0.15) is 99.4 Å². The number of pyridine rings is 1. The summed E-state index contributed by atoms with van der Waals surface area (Å²) < 4.78 is 25.8. The van der Waals surface area contributed by atoms with Gasteiger partial charge in [0.15, 0.2) is 5.76 Å². The van der Waals surface area contributed by atoms with Crippen molar-refractivity contribution in [3.8, 4) is 0 Å². The van der Waals surface area contributed by atoms with E-state index >= 15 is 0 Å². The average Bonchev–Trinajstić information content (AvgIpc) is 3.66. The smallest absolute Gasteiger partial charge is 0.315 e. The van der Waals surface area contributed by atoms with E-state index < -0.39 is 0 Å². The zero-order valence-corrected chi connectivity index (χ0v) is 27.8. The van der Waals surface area contributed by atoms with Gasteiger partial charge in [-0.15, -0.1) is 0 Å². The van der Waals surface area contributed by atoms with Crippen molar-refractivity contribution >= 4 is 17.5 Å². The maximum absolute atomic E-state index is 13.0. The summed E-state index contributed by atoms with van der Waals surface area (Å²) in [4.78, 5) is 30.0. The third-order valence-corrected chi connectivity index (χ3v) is 8.26. The van der Waals surface area contributed by atoms with Gasteiger partial charge < -0.3 is 23.5 Å². The van der Waals surface area contributed by atoms with Crippen molar-refractivity contribution in [2.45, 2.75) is 89.9 Å². The van der Waals surface area contributed by atoms with E-state index in [1.54, 1.807) is 12.4 Å². The van der Waals surface area contributed by atoms with E-state index in [2.05, 4.69) is 45.0 Å². The first-order valence-corrected chi connectivity index (χ1v) is 16.3. The van der Waals surface area contributed by atoms with Crippen LogP contribution < -0.4 is 0 Å². The minimum absolute atomic E-state index is 0.0303. The minimum atomic E-state index is -0.341. The Bertz CT molecular complexity index is 1470. The first-order valence-electron chi connectivity index (χ1n) is 16.3. The molecule has 2 aromatic heterocycles. The molecule has 1 aliphatic rings. The number of ether oxygens (including phenoxy) is 4. The van der Waals surface area contributed by atoms with Crippen LogP contribution in [0.3, 0.4) is 0 Å². The Labute approximate surface area is 273 Å². The van der Waals surface area contributed by atoms with Crippen LogP contribution in [0, 0.1) is 0 Å². The van der Waals surface area contributed by atoms with Crippen molar-refractivity contribution in [1.29, 1.82) is 0 Å². The molecule has 0 bridgehead atoms. The van der Waals surface area contributed by atoms with Gasteiger partial charge in [-0.25, -0.2) is 0 Å². The molecular formula is C38H48N2O6. The molecule has 0 aliphatic carbocycles. The maximum atomic E-state index is 13.0. The summed E-state index contributed by atoms with van der Waals surface area (Å²) in [6.45, 7) is 14.8. The van der Waals surface area contributed by atoms with Gasteiger partial charge in [0.25, 0.3) is 0 Å². The van der Waals surface area contributed by atoms with Gasteiger partial charge in [0, 0.05) is 49.0 Å². The monoisotopic (exact) mass is 628 g/mol. The molecule has 8 heteroatoms. The number of esters is 1. The number of rotatable bonds is 19. The molecule has 246 valence electrons. The second kappa shape index (κ2) is 16.5. The lowest BCUT2D eigenvalue weighted by Gasteiger charge is -2.27. The first-order chi connectivity index (χ1) is 22.1. The van der Waals surface area contributed by atoms with Gasteiger partial charge in [0.05, 0.1) is 36.0 Å². The molecule has 46 heavy (non-hydrogen) atoms. The normalized spacial score (nSPS) is 14.4. The zero-order valence-electron chi connectivity index (χ0n) is 27.8. The van der Waals surface area contributed by atoms with Crippen LogP contribution in [0.4, 0.5) is 0 Å². The highest BCUT2D eigenvalue weighted by Crippen LogP contribution is 2.32. The van der Waals surface area contributed by atoms with E-state index in [0.29, 0.717) is 62.8 Å². The van der Waals surface area contributed by atoms with Gasteiger partial charge >= 0.3 is 5.97 Å². The highest BCUT2D eigenvalue weighted by molar-refractivity contribution is 6.08. The van der Waals surface area contributed by atoms with Crippen LogP contribution in [0.5, 0.6) is 0 Å². The van der Waals surface area contributed by atoms with E-state index in [0.717, 1.165) is 36.9 Å². The van der Waals surface area contributed by atoms with Crippen molar-refractivity contribution in [3.05, 3.63) is 102 Å². The zero-order chi connectivity index (χ0) is 33.0. The van der Waals surface area contributed by atoms with Crippen LogP contribution in [-0.4, -0.2) is 58.9 Å². The molecule has 4 rings (SSSR count). The third-order valence-electron chi connectivity index (χ3n) is 8.26. The summed E-state index contributed by atoms with van der Waals surface area (Å²) in [5.74, 6) is 0.0110.